The monoisotopic (exact) mass is 792 g/mol. The predicted molar refractivity (Wildman–Crippen MR) is 218 cm³/mol. The molecule has 3 aromatic carbocycles. The number of fused-ring (bicyclic) bond motifs is 1. The van der Waals surface area contributed by atoms with Gasteiger partial charge in [0.05, 0.1) is 17.7 Å². The summed E-state index contributed by atoms with van der Waals surface area (Å²) in [5.41, 5.74) is 12.3. The summed E-state index contributed by atoms with van der Waals surface area (Å²) in [4.78, 5) is 83.7. The number of piperidine rings is 1. The van der Waals surface area contributed by atoms with E-state index in [1.54, 1.807) is 18.2 Å². The summed E-state index contributed by atoms with van der Waals surface area (Å²) in [7, 11) is 0. The number of primary amides is 1. The minimum Gasteiger partial charge on any atom is -0.383 e. The van der Waals surface area contributed by atoms with Gasteiger partial charge < -0.3 is 26.0 Å². The molecular formula is C43H52N8O7. The Morgan fingerprint density at radius 3 is 2.31 bits per heavy atom. The Balaban J connectivity index is 0.869. The van der Waals surface area contributed by atoms with Crippen molar-refractivity contribution < 1.29 is 33.5 Å². The zero-order chi connectivity index (χ0) is 40.9. The van der Waals surface area contributed by atoms with Gasteiger partial charge in [-0.3, -0.25) is 48.8 Å². The number of hydrogen-bond acceptors (Lipinski definition) is 11. The zero-order valence-electron chi connectivity index (χ0n) is 33.2. The lowest BCUT2D eigenvalue weighted by atomic mass is 9.95. The van der Waals surface area contributed by atoms with Gasteiger partial charge in [-0.15, -0.1) is 0 Å². The molecule has 0 aromatic heterocycles. The second-order valence-corrected chi connectivity index (χ2v) is 15.4. The van der Waals surface area contributed by atoms with Gasteiger partial charge in [-0.05, 0) is 79.6 Å². The highest BCUT2D eigenvalue weighted by molar-refractivity contribution is 6.25. The average Bonchev–Trinajstić information content (AvgIpc) is 3.47. The molecule has 0 aliphatic carbocycles. The van der Waals surface area contributed by atoms with Crippen molar-refractivity contribution in [2.75, 3.05) is 75.8 Å². The molecule has 3 aromatic rings. The van der Waals surface area contributed by atoms with E-state index in [0.29, 0.717) is 30.4 Å². The fourth-order valence-electron chi connectivity index (χ4n) is 8.53. The molecule has 3 fully saturated rings. The van der Waals surface area contributed by atoms with Gasteiger partial charge in [-0.25, -0.2) is 0 Å². The maximum absolute atomic E-state index is 13.3. The third kappa shape index (κ3) is 8.76. The summed E-state index contributed by atoms with van der Waals surface area (Å²) >= 11 is 0. The van der Waals surface area contributed by atoms with E-state index in [4.69, 9.17) is 10.5 Å². The van der Waals surface area contributed by atoms with Gasteiger partial charge in [0.25, 0.3) is 11.8 Å². The molecule has 4 aliphatic heterocycles. The summed E-state index contributed by atoms with van der Waals surface area (Å²) in [5, 5.41) is 8.29. The molecule has 4 heterocycles. The Labute approximate surface area is 338 Å². The molecule has 5 N–H and O–H groups in total. The Bertz CT molecular complexity index is 2070. The molecule has 1 unspecified atom stereocenters. The van der Waals surface area contributed by atoms with Crippen molar-refractivity contribution in [1.82, 2.24) is 25.3 Å². The number of anilines is 2. The topological polar surface area (TPSA) is 187 Å². The molecule has 306 valence electrons. The minimum absolute atomic E-state index is 0.0500. The Kier molecular flexibility index (Phi) is 12.5. The first-order valence-corrected chi connectivity index (χ1v) is 20.2. The number of imide groups is 2. The number of benzene rings is 3. The number of piperazine rings is 1. The first kappa shape index (κ1) is 40.6. The van der Waals surface area contributed by atoms with Crippen LogP contribution in [0.5, 0.6) is 0 Å². The Hall–Kier alpha value is -5.64. The molecule has 15 heteroatoms. The SMILES string of the molecule is CCN(c1cc(-c2ccc(CN3CCN(CC(=O)NCCNc4cccc5c4C(=O)N(C4CCC(=O)NC4=O)C5=O)CC3)cc2)cc(C(N)=O)c1C)C1CCOCC1. The van der Waals surface area contributed by atoms with Gasteiger partial charge in [0.1, 0.15) is 6.04 Å². The second-order valence-electron chi connectivity index (χ2n) is 15.4. The van der Waals surface area contributed by atoms with Crippen LogP contribution >= 0.6 is 0 Å². The maximum Gasteiger partial charge on any atom is 0.264 e. The van der Waals surface area contributed by atoms with Crippen LogP contribution in [-0.4, -0.2) is 128 Å². The second kappa shape index (κ2) is 17.9. The van der Waals surface area contributed by atoms with E-state index >= 15 is 0 Å². The third-order valence-corrected chi connectivity index (χ3v) is 11.7. The number of carbonyl (C=O) groups is 6. The van der Waals surface area contributed by atoms with Crippen LogP contribution < -0.4 is 26.6 Å². The number of carbonyl (C=O) groups excluding carboxylic acids is 6. The summed E-state index contributed by atoms with van der Waals surface area (Å²) in [5.74, 6) is -2.77. The third-order valence-electron chi connectivity index (χ3n) is 11.7. The van der Waals surface area contributed by atoms with E-state index in [1.165, 1.54) is 5.56 Å². The summed E-state index contributed by atoms with van der Waals surface area (Å²) in [6.45, 7) is 11.2. The molecular weight excluding hydrogens is 741 g/mol. The molecule has 58 heavy (non-hydrogen) atoms. The number of rotatable bonds is 14. The van der Waals surface area contributed by atoms with Crippen LogP contribution in [0.25, 0.3) is 11.1 Å². The van der Waals surface area contributed by atoms with Crippen LogP contribution in [0.3, 0.4) is 0 Å². The molecule has 0 radical (unpaired) electrons. The van der Waals surface area contributed by atoms with Gasteiger partial charge in [0.15, 0.2) is 0 Å². The van der Waals surface area contributed by atoms with Crippen LogP contribution in [-0.2, 0) is 25.7 Å². The number of nitrogens with two attached hydrogens (primary N) is 1. The number of hydrogen-bond donors (Lipinski definition) is 4. The fourth-order valence-corrected chi connectivity index (χ4v) is 8.53. The number of nitrogens with one attached hydrogen (secondary N) is 3. The number of nitrogens with zero attached hydrogens (tertiary/aromatic N) is 4. The van der Waals surface area contributed by atoms with E-state index in [0.717, 1.165) is 92.6 Å². The summed E-state index contributed by atoms with van der Waals surface area (Å²) < 4.78 is 5.61. The van der Waals surface area contributed by atoms with Crippen molar-refractivity contribution in [1.29, 1.82) is 0 Å². The number of ether oxygens (including phenoxy) is 1. The average molecular weight is 793 g/mol. The number of amides is 6. The van der Waals surface area contributed by atoms with Crippen LogP contribution in [0, 0.1) is 6.92 Å². The molecule has 0 bridgehead atoms. The smallest absolute Gasteiger partial charge is 0.264 e. The van der Waals surface area contributed by atoms with Gasteiger partial charge in [0.2, 0.25) is 23.6 Å². The highest BCUT2D eigenvalue weighted by Gasteiger charge is 2.45. The lowest BCUT2D eigenvalue weighted by molar-refractivity contribution is -0.136. The van der Waals surface area contributed by atoms with Gasteiger partial charge in [-0.2, -0.15) is 0 Å². The lowest BCUT2D eigenvalue weighted by Crippen LogP contribution is -2.54. The zero-order valence-corrected chi connectivity index (χ0v) is 33.2. The summed E-state index contributed by atoms with van der Waals surface area (Å²) in [6.07, 6.45) is 2.03. The van der Waals surface area contributed by atoms with Crippen molar-refractivity contribution in [3.8, 4) is 11.1 Å². The van der Waals surface area contributed by atoms with Gasteiger partial charge >= 0.3 is 0 Å². The Morgan fingerprint density at radius 1 is 0.897 bits per heavy atom. The van der Waals surface area contributed by atoms with Crippen molar-refractivity contribution in [3.05, 3.63) is 82.4 Å². The molecule has 3 saturated heterocycles. The molecule has 1 atom stereocenters. The largest absolute Gasteiger partial charge is 0.383 e. The van der Waals surface area contributed by atoms with Crippen LogP contribution in [0.2, 0.25) is 0 Å². The lowest BCUT2D eigenvalue weighted by Gasteiger charge is -2.37. The van der Waals surface area contributed by atoms with E-state index in [-0.39, 0.29) is 36.4 Å². The summed E-state index contributed by atoms with van der Waals surface area (Å²) in [6, 6.07) is 16.8. The molecule has 7 rings (SSSR count). The first-order valence-electron chi connectivity index (χ1n) is 20.2. The highest BCUT2D eigenvalue weighted by Crippen LogP contribution is 2.35. The Morgan fingerprint density at radius 2 is 1.62 bits per heavy atom. The molecule has 0 spiro atoms. The molecule has 4 aliphatic rings. The van der Waals surface area contributed by atoms with E-state index < -0.39 is 35.6 Å². The van der Waals surface area contributed by atoms with E-state index in [9.17, 15) is 28.8 Å². The predicted octanol–water partition coefficient (Wildman–Crippen LogP) is 2.51. The van der Waals surface area contributed by atoms with Gasteiger partial charge in [0, 0.05) is 95.0 Å². The van der Waals surface area contributed by atoms with Crippen LogP contribution in [0.1, 0.15) is 74.8 Å². The van der Waals surface area contributed by atoms with Crippen molar-refractivity contribution in [2.45, 2.75) is 58.2 Å². The molecule has 6 amide bonds. The van der Waals surface area contributed by atoms with E-state index in [2.05, 4.69) is 67.9 Å². The fraction of sp³-hybridized carbons (Fsp3) is 0.442. The highest BCUT2D eigenvalue weighted by atomic mass is 16.5. The maximum atomic E-state index is 13.3. The van der Waals surface area contributed by atoms with E-state index in [1.807, 2.05) is 13.0 Å². The first-order chi connectivity index (χ1) is 28.0. The van der Waals surface area contributed by atoms with Gasteiger partial charge in [-0.1, -0.05) is 30.3 Å². The van der Waals surface area contributed by atoms with Crippen LogP contribution in [0.15, 0.2) is 54.6 Å². The molecule has 0 saturated carbocycles. The quantitative estimate of drug-likeness (QED) is 0.139. The minimum atomic E-state index is -1.04. The standard InChI is InChI=1S/C43H52N8O7/c1-3-50(31-13-21-58-22-14-31)36-24-30(23-33(27(36)2)40(44)54)29-9-7-28(8-10-29)25-48-17-19-49(20-18-48)26-38(53)46-16-15-45-34-6-4-5-32-39(34)43(57)51(42(32)56)35-11-12-37(52)47-41(35)55/h4-10,23-24,31,35,45H,3,11-22,25-26H2,1-2H3,(H2,44,54)(H,46,53)(H,47,52,55). The normalized spacial score (nSPS) is 19.2. The van der Waals surface area contributed by atoms with Crippen molar-refractivity contribution >= 4 is 46.8 Å². The van der Waals surface area contributed by atoms with Crippen molar-refractivity contribution in [3.63, 3.8) is 0 Å². The molecule has 15 nitrogen and oxygen atoms in total. The van der Waals surface area contributed by atoms with Crippen LogP contribution in [0.4, 0.5) is 11.4 Å². The van der Waals surface area contributed by atoms with Crippen molar-refractivity contribution in [2.24, 2.45) is 5.73 Å².